The van der Waals surface area contributed by atoms with Crippen molar-refractivity contribution < 1.29 is 9.53 Å². The number of aryl methyl sites for hydroxylation is 1. The molecule has 1 heterocycles. The minimum Gasteiger partial charge on any atom is -0.410 e. The molecule has 4 heteroatoms. The first kappa shape index (κ1) is 19.1. The molecule has 0 aliphatic carbocycles. The van der Waals surface area contributed by atoms with Gasteiger partial charge in [-0.2, -0.15) is 0 Å². The van der Waals surface area contributed by atoms with Gasteiger partial charge >= 0.3 is 6.09 Å². The molecular weight excluding hydrogens is 360 g/mol. The van der Waals surface area contributed by atoms with E-state index in [0.29, 0.717) is 12.3 Å². The minimum atomic E-state index is -0.406. The van der Waals surface area contributed by atoms with Crippen LogP contribution in [-0.2, 0) is 19.4 Å². The summed E-state index contributed by atoms with van der Waals surface area (Å²) in [5.41, 5.74) is 6.19. The first-order chi connectivity index (χ1) is 14.2. The van der Waals surface area contributed by atoms with Crippen molar-refractivity contribution in [3.8, 4) is 5.75 Å². The standard InChI is InChI=1S/C25H26N2O2/c1-19-7-9-20(10-8-19)13-15-26-25(28)29-23-11-12-24-22(17-23)14-16-27(24)18-21-5-3-2-4-6-21/h2-12,17H,13-16,18H2,1H3,(H,26,28). The summed E-state index contributed by atoms with van der Waals surface area (Å²) < 4.78 is 5.48. The van der Waals surface area contributed by atoms with Crippen LogP contribution in [0.4, 0.5) is 10.5 Å². The summed E-state index contributed by atoms with van der Waals surface area (Å²) in [5, 5.41) is 2.83. The van der Waals surface area contributed by atoms with E-state index in [-0.39, 0.29) is 0 Å². The maximum absolute atomic E-state index is 12.1. The second kappa shape index (κ2) is 8.82. The van der Waals surface area contributed by atoms with Crippen LogP contribution < -0.4 is 15.0 Å². The maximum Gasteiger partial charge on any atom is 0.412 e. The molecule has 1 amide bonds. The molecule has 0 spiro atoms. The van der Waals surface area contributed by atoms with Crippen LogP contribution in [0.25, 0.3) is 0 Å². The van der Waals surface area contributed by atoms with Crippen LogP contribution in [0, 0.1) is 6.92 Å². The Kier molecular flexibility index (Phi) is 5.80. The van der Waals surface area contributed by atoms with Crippen molar-refractivity contribution in [1.29, 1.82) is 0 Å². The number of amides is 1. The van der Waals surface area contributed by atoms with Crippen molar-refractivity contribution in [3.63, 3.8) is 0 Å². The topological polar surface area (TPSA) is 41.6 Å². The summed E-state index contributed by atoms with van der Waals surface area (Å²) in [5.74, 6) is 0.596. The smallest absolute Gasteiger partial charge is 0.410 e. The first-order valence-corrected chi connectivity index (χ1v) is 10.1. The van der Waals surface area contributed by atoms with Crippen LogP contribution in [0.2, 0.25) is 0 Å². The van der Waals surface area contributed by atoms with Crippen molar-refractivity contribution in [2.75, 3.05) is 18.0 Å². The Morgan fingerprint density at radius 1 is 1.00 bits per heavy atom. The van der Waals surface area contributed by atoms with Crippen molar-refractivity contribution in [2.45, 2.75) is 26.3 Å². The normalized spacial score (nSPS) is 12.5. The number of ether oxygens (including phenoxy) is 1. The van der Waals surface area contributed by atoms with Gasteiger partial charge in [0.05, 0.1) is 0 Å². The number of nitrogens with zero attached hydrogens (tertiary/aromatic N) is 1. The number of benzene rings is 3. The summed E-state index contributed by atoms with van der Waals surface area (Å²) in [4.78, 5) is 14.5. The van der Waals surface area contributed by atoms with E-state index < -0.39 is 6.09 Å². The van der Waals surface area contributed by atoms with Crippen LogP contribution in [0.1, 0.15) is 22.3 Å². The molecule has 0 aromatic heterocycles. The summed E-state index contributed by atoms with van der Waals surface area (Å²) in [6.07, 6.45) is 1.35. The number of anilines is 1. The molecular formula is C25H26N2O2. The Balaban J connectivity index is 1.30. The highest BCUT2D eigenvalue weighted by atomic mass is 16.6. The molecule has 0 atom stereocenters. The van der Waals surface area contributed by atoms with Gasteiger partial charge in [-0.25, -0.2) is 4.79 Å². The van der Waals surface area contributed by atoms with Crippen molar-refractivity contribution in [1.82, 2.24) is 5.32 Å². The Morgan fingerprint density at radius 3 is 2.59 bits per heavy atom. The van der Waals surface area contributed by atoms with Gasteiger partial charge in [0.15, 0.2) is 0 Å². The molecule has 0 radical (unpaired) electrons. The molecule has 0 fully saturated rings. The Hall–Kier alpha value is -3.27. The predicted molar refractivity (Wildman–Crippen MR) is 117 cm³/mol. The number of carbonyl (C=O) groups excluding carboxylic acids is 1. The van der Waals surface area contributed by atoms with Gasteiger partial charge in [-0.3, -0.25) is 0 Å². The van der Waals surface area contributed by atoms with Crippen LogP contribution >= 0.6 is 0 Å². The lowest BCUT2D eigenvalue weighted by Crippen LogP contribution is -2.28. The van der Waals surface area contributed by atoms with Gasteiger partial charge in [0, 0.05) is 25.3 Å². The fourth-order valence-corrected chi connectivity index (χ4v) is 3.68. The number of hydrogen-bond acceptors (Lipinski definition) is 3. The minimum absolute atomic E-state index is 0.406. The van der Waals surface area contributed by atoms with E-state index in [4.69, 9.17) is 4.74 Å². The van der Waals surface area contributed by atoms with E-state index >= 15 is 0 Å². The van der Waals surface area contributed by atoms with Gasteiger partial charge in [-0.15, -0.1) is 0 Å². The lowest BCUT2D eigenvalue weighted by molar-refractivity contribution is 0.200. The molecule has 0 saturated carbocycles. The molecule has 3 aromatic rings. The molecule has 3 aromatic carbocycles. The lowest BCUT2D eigenvalue weighted by atomic mass is 10.1. The van der Waals surface area contributed by atoms with Crippen LogP contribution in [0.15, 0.2) is 72.8 Å². The van der Waals surface area contributed by atoms with Gasteiger partial charge in [-0.05, 0) is 54.7 Å². The third kappa shape index (κ3) is 4.96. The summed E-state index contributed by atoms with van der Waals surface area (Å²) >= 11 is 0. The number of hydrogen-bond donors (Lipinski definition) is 1. The molecule has 1 N–H and O–H groups in total. The molecule has 29 heavy (non-hydrogen) atoms. The number of fused-ring (bicyclic) bond motifs is 1. The van der Waals surface area contributed by atoms with E-state index in [2.05, 4.69) is 71.7 Å². The zero-order valence-corrected chi connectivity index (χ0v) is 16.7. The zero-order chi connectivity index (χ0) is 20.1. The van der Waals surface area contributed by atoms with Crippen molar-refractivity contribution in [2.24, 2.45) is 0 Å². The molecule has 0 saturated heterocycles. The highest BCUT2D eigenvalue weighted by Gasteiger charge is 2.20. The SMILES string of the molecule is Cc1ccc(CCNC(=O)Oc2ccc3c(c2)CCN3Cc2ccccc2)cc1. The molecule has 1 aliphatic heterocycles. The average molecular weight is 386 g/mol. The highest BCUT2D eigenvalue weighted by Crippen LogP contribution is 2.32. The van der Waals surface area contributed by atoms with E-state index in [1.807, 2.05) is 18.2 Å². The largest absolute Gasteiger partial charge is 0.412 e. The van der Waals surface area contributed by atoms with E-state index in [1.54, 1.807) is 0 Å². The summed E-state index contributed by atoms with van der Waals surface area (Å²) in [6, 6.07) is 24.7. The Morgan fingerprint density at radius 2 is 1.79 bits per heavy atom. The van der Waals surface area contributed by atoms with Crippen molar-refractivity contribution >= 4 is 11.8 Å². The molecule has 0 bridgehead atoms. The Labute approximate surface area is 172 Å². The quantitative estimate of drug-likeness (QED) is 0.656. The number of rotatable bonds is 6. The molecule has 4 nitrogen and oxygen atoms in total. The van der Waals surface area contributed by atoms with Gasteiger partial charge in [0.1, 0.15) is 5.75 Å². The number of nitrogens with one attached hydrogen (secondary N) is 1. The van der Waals surface area contributed by atoms with Gasteiger partial charge < -0.3 is 15.0 Å². The van der Waals surface area contributed by atoms with Gasteiger partial charge in [0.2, 0.25) is 0 Å². The van der Waals surface area contributed by atoms with E-state index in [0.717, 1.165) is 25.9 Å². The second-order valence-corrected chi connectivity index (χ2v) is 7.50. The maximum atomic E-state index is 12.1. The molecule has 0 unspecified atom stereocenters. The number of carbonyl (C=O) groups is 1. The van der Waals surface area contributed by atoms with Gasteiger partial charge in [-0.1, -0.05) is 60.2 Å². The predicted octanol–water partition coefficient (Wildman–Crippen LogP) is 4.89. The van der Waals surface area contributed by atoms with E-state index in [1.165, 1.54) is 27.9 Å². The molecule has 148 valence electrons. The summed E-state index contributed by atoms with van der Waals surface area (Å²) in [6.45, 7) is 4.50. The second-order valence-electron chi connectivity index (χ2n) is 7.50. The molecule has 1 aliphatic rings. The first-order valence-electron chi connectivity index (χ1n) is 10.1. The average Bonchev–Trinajstić information content (AvgIpc) is 3.12. The summed E-state index contributed by atoms with van der Waals surface area (Å²) in [7, 11) is 0. The lowest BCUT2D eigenvalue weighted by Gasteiger charge is -2.19. The van der Waals surface area contributed by atoms with Crippen LogP contribution in [-0.4, -0.2) is 19.2 Å². The molecule has 4 rings (SSSR count). The van der Waals surface area contributed by atoms with Crippen LogP contribution in [0.5, 0.6) is 5.75 Å². The fourth-order valence-electron chi connectivity index (χ4n) is 3.68. The highest BCUT2D eigenvalue weighted by molar-refractivity contribution is 5.71. The third-order valence-corrected chi connectivity index (χ3v) is 5.27. The van der Waals surface area contributed by atoms with Crippen LogP contribution in [0.3, 0.4) is 0 Å². The zero-order valence-electron chi connectivity index (χ0n) is 16.7. The van der Waals surface area contributed by atoms with E-state index in [9.17, 15) is 4.79 Å². The Bertz CT molecular complexity index is 968. The fraction of sp³-hybridized carbons (Fsp3) is 0.240. The third-order valence-electron chi connectivity index (χ3n) is 5.27. The van der Waals surface area contributed by atoms with Crippen molar-refractivity contribution in [3.05, 3.63) is 95.1 Å². The monoisotopic (exact) mass is 386 g/mol. The van der Waals surface area contributed by atoms with Gasteiger partial charge in [0.25, 0.3) is 0 Å².